The molecule has 2 heterocycles. The van der Waals surface area contributed by atoms with Gasteiger partial charge < -0.3 is 5.73 Å². The van der Waals surface area contributed by atoms with Crippen LogP contribution in [0.1, 0.15) is 16.5 Å². The van der Waals surface area contributed by atoms with Gasteiger partial charge in [0.15, 0.2) is 0 Å². The Morgan fingerprint density at radius 3 is 2.83 bits per heavy atom. The van der Waals surface area contributed by atoms with E-state index in [1.165, 1.54) is 15.8 Å². The summed E-state index contributed by atoms with van der Waals surface area (Å²) < 4.78 is 0. The van der Waals surface area contributed by atoms with E-state index >= 15 is 0 Å². The van der Waals surface area contributed by atoms with Crippen molar-refractivity contribution in [2.24, 2.45) is 5.73 Å². The van der Waals surface area contributed by atoms with E-state index < -0.39 is 0 Å². The van der Waals surface area contributed by atoms with E-state index in [9.17, 15) is 0 Å². The lowest BCUT2D eigenvalue weighted by Crippen LogP contribution is -2.12. The van der Waals surface area contributed by atoms with Gasteiger partial charge >= 0.3 is 0 Å². The Kier molecular flexibility index (Phi) is 3.09. The summed E-state index contributed by atoms with van der Waals surface area (Å²) >= 11 is 1.72. The van der Waals surface area contributed by atoms with E-state index in [-0.39, 0.29) is 6.04 Å². The van der Waals surface area contributed by atoms with E-state index in [2.05, 4.69) is 28.6 Å². The Bertz CT molecular complexity index is 641. The van der Waals surface area contributed by atoms with Gasteiger partial charge in [-0.05, 0) is 35.6 Å². The van der Waals surface area contributed by atoms with E-state index in [1.807, 2.05) is 30.5 Å². The number of thiophene rings is 1. The van der Waals surface area contributed by atoms with Crippen LogP contribution >= 0.6 is 11.3 Å². The average molecular weight is 254 g/mol. The summed E-state index contributed by atoms with van der Waals surface area (Å²) in [6.07, 6.45) is 2.71. The standard InChI is InChI=1S/C15H14N2S/c16-13(15-6-3-9-18-15)10-11-7-8-17-14-5-2-1-4-12(11)14/h1-9,13H,10,16H2. The molecular formula is C15H14N2S. The lowest BCUT2D eigenvalue weighted by Gasteiger charge is -2.11. The maximum absolute atomic E-state index is 6.25. The number of benzene rings is 1. The van der Waals surface area contributed by atoms with Crippen molar-refractivity contribution in [2.45, 2.75) is 12.5 Å². The van der Waals surface area contributed by atoms with Gasteiger partial charge in [0.2, 0.25) is 0 Å². The molecule has 0 spiro atoms. The van der Waals surface area contributed by atoms with Crippen LogP contribution in [0.3, 0.4) is 0 Å². The summed E-state index contributed by atoms with van der Waals surface area (Å²) in [6, 6.07) is 14.5. The fraction of sp³-hybridized carbons (Fsp3) is 0.133. The van der Waals surface area contributed by atoms with Gasteiger partial charge in [0.25, 0.3) is 0 Å². The quantitative estimate of drug-likeness (QED) is 0.776. The summed E-state index contributed by atoms with van der Waals surface area (Å²) in [7, 11) is 0. The molecule has 3 rings (SSSR count). The molecule has 0 bridgehead atoms. The van der Waals surface area contributed by atoms with Crippen molar-refractivity contribution in [3.63, 3.8) is 0 Å². The number of rotatable bonds is 3. The smallest absolute Gasteiger partial charge is 0.0704 e. The van der Waals surface area contributed by atoms with Crippen molar-refractivity contribution in [3.8, 4) is 0 Å². The third-order valence-electron chi connectivity index (χ3n) is 3.09. The van der Waals surface area contributed by atoms with Crippen molar-refractivity contribution in [1.29, 1.82) is 0 Å². The van der Waals surface area contributed by atoms with Crippen molar-refractivity contribution >= 4 is 22.2 Å². The lowest BCUT2D eigenvalue weighted by molar-refractivity contribution is 0.740. The number of hydrogen-bond acceptors (Lipinski definition) is 3. The highest BCUT2D eigenvalue weighted by atomic mass is 32.1. The first kappa shape index (κ1) is 11.4. The summed E-state index contributed by atoms with van der Waals surface area (Å²) in [5.41, 5.74) is 8.55. The Labute approximate surface area is 110 Å². The third-order valence-corrected chi connectivity index (χ3v) is 4.09. The predicted molar refractivity (Wildman–Crippen MR) is 76.7 cm³/mol. The first-order chi connectivity index (χ1) is 8.84. The van der Waals surface area contributed by atoms with Crippen LogP contribution < -0.4 is 5.73 Å². The van der Waals surface area contributed by atoms with Gasteiger partial charge in [-0.3, -0.25) is 4.98 Å². The number of hydrogen-bond donors (Lipinski definition) is 1. The minimum absolute atomic E-state index is 0.0656. The van der Waals surface area contributed by atoms with Crippen LogP contribution in [0.5, 0.6) is 0 Å². The third kappa shape index (κ3) is 2.15. The van der Waals surface area contributed by atoms with Gasteiger partial charge in [-0.1, -0.05) is 24.3 Å². The predicted octanol–water partition coefficient (Wildman–Crippen LogP) is 3.54. The first-order valence-electron chi connectivity index (χ1n) is 5.96. The molecule has 0 aliphatic rings. The fourth-order valence-electron chi connectivity index (χ4n) is 2.17. The van der Waals surface area contributed by atoms with E-state index in [0.717, 1.165) is 11.9 Å². The first-order valence-corrected chi connectivity index (χ1v) is 6.84. The van der Waals surface area contributed by atoms with Gasteiger partial charge in [0.1, 0.15) is 0 Å². The number of aromatic nitrogens is 1. The molecule has 1 atom stereocenters. The van der Waals surface area contributed by atoms with Crippen LogP contribution in [0, 0.1) is 0 Å². The van der Waals surface area contributed by atoms with Crippen LogP contribution in [0.15, 0.2) is 54.0 Å². The van der Waals surface area contributed by atoms with E-state index in [1.54, 1.807) is 11.3 Å². The second kappa shape index (κ2) is 4.88. The highest BCUT2D eigenvalue weighted by Crippen LogP contribution is 2.24. The van der Waals surface area contributed by atoms with Gasteiger partial charge in [0, 0.05) is 22.5 Å². The Balaban J connectivity index is 1.95. The minimum Gasteiger partial charge on any atom is -0.323 e. The van der Waals surface area contributed by atoms with Crippen molar-refractivity contribution < 1.29 is 0 Å². The molecule has 0 saturated heterocycles. The van der Waals surface area contributed by atoms with E-state index in [4.69, 9.17) is 5.73 Å². The molecule has 0 aliphatic heterocycles. The maximum atomic E-state index is 6.25. The average Bonchev–Trinajstić information content (AvgIpc) is 2.93. The zero-order chi connectivity index (χ0) is 12.4. The molecule has 18 heavy (non-hydrogen) atoms. The summed E-state index contributed by atoms with van der Waals surface area (Å²) in [6.45, 7) is 0. The second-order valence-electron chi connectivity index (χ2n) is 4.31. The summed E-state index contributed by atoms with van der Waals surface area (Å²) in [5.74, 6) is 0. The van der Waals surface area contributed by atoms with Gasteiger partial charge in [-0.15, -0.1) is 11.3 Å². The topological polar surface area (TPSA) is 38.9 Å². The number of pyridine rings is 1. The van der Waals surface area contributed by atoms with Gasteiger partial charge in [-0.2, -0.15) is 0 Å². The minimum atomic E-state index is 0.0656. The molecule has 0 fully saturated rings. The largest absolute Gasteiger partial charge is 0.323 e. The zero-order valence-corrected chi connectivity index (χ0v) is 10.7. The Hall–Kier alpha value is -1.71. The van der Waals surface area contributed by atoms with Crippen LogP contribution in [-0.4, -0.2) is 4.98 Å². The van der Waals surface area contributed by atoms with Crippen LogP contribution in [-0.2, 0) is 6.42 Å². The number of fused-ring (bicyclic) bond motifs is 1. The fourth-order valence-corrected chi connectivity index (χ4v) is 2.90. The molecule has 0 saturated carbocycles. The number of nitrogens with zero attached hydrogens (tertiary/aromatic N) is 1. The molecule has 0 radical (unpaired) electrons. The maximum Gasteiger partial charge on any atom is 0.0704 e. The number of para-hydroxylation sites is 1. The highest BCUT2D eigenvalue weighted by molar-refractivity contribution is 7.10. The van der Waals surface area contributed by atoms with Crippen LogP contribution in [0.2, 0.25) is 0 Å². The molecule has 0 aliphatic carbocycles. The lowest BCUT2D eigenvalue weighted by atomic mass is 10.0. The molecule has 3 aromatic rings. The zero-order valence-electron chi connectivity index (χ0n) is 9.91. The van der Waals surface area contributed by atoms with Crippen LogP contribution in [0.4, 0.5) is 0 Å². The molecule has 90 valence electrons. The molecule has 2 N–H and O–H groups in total. The van der Waals surface area contributed by atoms with Gasteiger partial charge in [0.05, 0.1) is 5.52 Å². The molecule has 3 heteroatoms. The number of nitrogens with two attached hydrogens (primary N) is 1. The molecular weight excluding hydrogens is 240 g/mol. The normalized spacial score (nSPS) is 12.7. The SMILES string of the molecule is NC(Cc1ccnc2ccccc12)c1cccs1. The monoisotopic (exact) mass is 254 g/mol. The summed E-state index contributed by atoms with van der Waals surface area (Å²) in [5, 5.41) is 3.27. The van der Waals surface area contributed by atoms with Crippen molar-refractivity contribution in [1.82, 2.24) is 4.98 Å². The molecule has 1 unspecified atom stereocenters. The molecule has 2 aromatic heterocycles. The van der Waals surface area contributed by atoms with Gasteiger partial charge in [-0.25, -0.2) is 0 Å². The van der Waals surface area contributed by atoms with Crippen LogP contribution in [0.25, 0.3) is 10.9 Å². The Morgan fingerprint density at radius 1 is 1.11 bits per heavy atom. The highest BCUT2D eigenvalue weighted by Gasteiger charge is 2.10. The molecule has 1 aromatic carbocycles. The van der Waals surface area contributed by atoms with Crippen molar-refractivity contribution in [2.75, 3.05) is 0 Å². The van der Waals surface area contributed by atoms with Crippen molar-refractivity contribution in [3.05, 3.63) is 64.5 Å². The van der Waals surface area contributed by atoms with E-state index in [0.29, 0.717) is 0 Å². The Morgan fingerprint density at radius 2 is 2.00 bits per heavy atom. The molecule has 2 nitrogen and oxygen atoms in total. The molecule has 0 amide bonds. The summed E-state index contributed by atoms with van der Waals surface area (Å²) in [4.78, 5) is 5.61. The second-order valence-corrected chi connectivity index (χ2v) is 5.29.